The molecule has 0 unspecified atom stereocenters. The highest BCUT2D eigenvalue weighted by Gasteiger charge is 2.07. The molecule has 1 aliphatic rings. The monoisotopic (exact) mass is 191 g/mol. The molecular weight excluding hydrogens is 178 g/mol. The van der Waals surface area contributed by atoms with Crippen LogP contribution in [0.1, 0.15) is 22.2 Å². The molecule has 0 bridgehead atoms. The van der Waals surface area contributed by atoms with Gasteiger partial charge in [0.15, 0.2) is 0 Å². The summed E-state index contributed by atoms with van der Waals surface area (Å²) in [4.78, 5) is 4.88. The average Bonchev–Trinajstić information content (AvgIpc) is 2.36. The van der Waals surface area contributed by atoms with Gasteiger partial charge in [0.1, 0.15) is 0 Å². The van der Waals surface area contributed by atoms with Gasteiger partial charge in [0, 0.05) is 28.7 Å². The first kappa shape index (κ1) is 8.57. The van der Waals surface area contributed by atoms with Gasteiger partial charge in [-0.05, 0) is 37.6 Å². The Hall–Kier alpha value is -1.02. The summed E-state index contributed by atoms with van der Waals surface area (Å²) in [6.07, 6.45) is 6.53. The lowest BCUT2D eigenvalue weighted by Crippen LogP contribution is -2.05. The van der Waals surface area contributed by atoms with Gasteiger partial charge in [-0.2, -0.15) is 0 Å². The van der Waals surface area contributed by atoms with Crippen molar-refractivity contribution in [2.24, 2.45) is 0 Å². The highest BCUT2D eigenvalue weighted by molar-refractivity contribution is 7.13. The Kier molecular flexibility index (Phi) is 2.00. The van der Waals surface area contributed by atoms with Gasteiger partial charge in [-0.25, -0.2) is 0 Å². The summed E-state index contributed by atoms with van der Waals surface area (Å²) < 4.78 is 0. The molecule has 0 spiro atoms. The molecule has 1 aromatic heterocycles. The second-order valence-corrected chi connectivity index (χ2v) is 4.68. The summed E-state index contributed by atoms with van der Waals surface area (Å²) in [5.74, 6) is 0. The molecule has 0 radical (unpaired) electrons. The van der Waals surface area contributed by atoms with Crippen LogP contribution in [-0.4, -0.2) is 11.9 Å². The average molecular weight is 191 g/mol. The zero-order valence-corrected chi connectivity index (χ0v) is 8.98. The maximum atomic E-state index is 2.24. The summed E-state index contributed by atoms with van der Waals surface area (Å²) in [6, 6.07) is 2.24. The molecule has 0 N–H and O–H groups in total. The smallest absolute Gasteiger partial charge is 0.0360 e. The molecule has 0 fully saturated rings. The van der Waals surface area contributed by atoms with E-state index in [4.69, 9.17) is 0 Å². The van der Waals surface area contributed by atoms with E-state index in [-0.39, 0.29) is 0 Å². The Labute approximate surface area is 83.0 Å². The fraction of sp³-hybridized carbons (Fsp3) is 0.273. The minimum atomic E-state index is 1.28. The normalized spacial score (nSPS) is 15.3. The predicted molar refractivity (Wildman–Crippen MR) is 59.5 cm³/mol. The lowest BCUT2D eigenvalue weighted by atomic mass is 10.2. The minimum absolute atomic E-state index is 1.28. The molecule has 2 rings (SSSR count). The number of rotatable bonds is 0. The van der Waals surface area contributed by atoms with Gasteiger partial charge < -0.3 is 4.90 Å². The van der Waals surface area contributed by atoms with E-state index in [0.717, 1.165) is 0 Å². The molecule has 0 amide bonds. The molecule has 0 atom stereocenters. The lowest BCUT2D eigenvalue weighted by Gasteiger charge is -2.12. The number of fused-ring (bicyclic) bond motifs is 1. The molecule has 1 nitrogen and oxygen atoms in total. The second-order valence-electron chi connectivity index (χ2n) is 3.39. The van der Waals surface area contributed by atoms with Gasteiger partial charge >= 0.3 is 0 Å². The molecular formula is C11H13NS. The lowest BCUT2D eigenvalue weighted by molar-refractivity contribution is 0.580. The standard InChI is InChI=1S/C11H13NS/c1-8-6-10-7-9(2)13-11(10)4-5-12(8)3/h4-7H,1-3H3. The van der Waals surface area contributed by atoms with Crippen LogP contribution in [0.4, 0.5) is 0 Å². The summed E-state index contributed by atoms with van der Waals surface area (Å²) in [7, 11) is 2.08. The third-order valence-corrected chi connectivity index (χ3v) is 3.32. The van der Waals surface area contributed by atoms with Gasteiger partial charge in [0.25, 0.3) is 0 Å². The van der Waals surface area contributed by atoms with E-state index in [2.05, 4.69) is 50.2 Å². The van der Waals surface area contributed by atoms with Crippen LogP contribution in [0.2, 0.25) is 0 Å². The van der Waals surface area contributed by atoms with E-state index in [0.29, 0.717) is 0 Å². The van der Waals surface area contributed by atoms with Crippen molar-refractivity contribution in [1.82, 2.24) is 4.90 Å². The fourth-order valence-electron chi connectivity index (χ4n) is 1.42. The van der Waals surface area contributed by atoms with Crippen LogP contribution < -0.4 is 0 Å². The zero-order valence-electron chi connectivity index (χ0n) is 8.16. The Morgan fingerprint density at radius 1 is 1.31 bits per heavy atom. The van der Waals surface area contributed by atoms with Gasteiger partial charge in [0.2, 0.25) is 0 Å². The van der Waals surface area contributed by atoms with Crippen LogP contribution in [0.25, 0.3) is 12.2 Å². The van der Waals surface area contributed by atoms with Crippen molar-refractivity contribution in [1.29, 1.82) is 0 Å². The van der Waals surface area contributed by atoms with Crippen molar-refractivity contribution < 1.29 is 0 Å². The number of hydrogen-bond acceptors (Lipinski definition) is 2. The summed E-state index contributed by atoms with van der Waals surface area (Å²) in [5, 5.41) is 0. The number of aryl methyl sites for hydroxylation is 1. The number of thiophene rings is 1. The Morgan fingerprint density at radius 3 is 2.85 bits per heavy atom. The molecule has 0 aromatic carbocycles. The maximum Gasteiger partial charge on any atom is 0.0360 e. The van der Waals surface area contributed by atoms with Crippen LogP contribution >= 0.6 is 11.3 Å². The molecule has 1 aliphatic heterocycles. The van der Waals surface area contributed by atoms with Gasteiger partial charge in [0.05, 0.1) is 0 Å². The van der Waals surface area contributed by atoms with E-state index >= 15 is 0 Å². The third-order valence-electron chi connectivity index (χ3n) is 2.28. The quantitative estimate of drug-likeness (QED) is 0.608. The van der Waals surface area contributed by atoms with Crippen molar-refractivity contribution in [2.75, 3.05) is 7.05 Å². The second kappa shape index (κ2) is 3.04. The van der Waals surface area contributed by atoms with Gasteiger partial charge in [-0.15, -0.1) is 11.3 Å². The van der Waals surface area contributed by atoms with Gasteiger partial charge in [-0.3, -0.25) is 0 Å². The van der Waals surface area contributed by atoms with Crippen molar-refractivity contribution in [3.63, 3.8) is 0 Å². The van der Waals surface area contributed by atoms with E-state index in [1.165, 1.54) is 21.0 Å². The summed E-state index contributed by atoms with van der Waals surface area (Å²) in [6.45, 7) is 4.28. The molecule has 2 heteroatoms. The molecule has 1 aromatic rings. The van der Waals surface area contributed by atoms with E-state index in [9.17, 15) is 0 Å². The van der Waals surface area contributed by atoms with Crippen molar-refractivity contribution >= 4 is 23.5 Å². The first-order valence-corrected chi connectivity index (χ1v) is 5.18. The van der Waals surface area contributed by atoms with Crippen LogP contribution in [-0.2, 0) is 0 Å². The third kappa shape index (κ3) is 1.54. The topological polar surface area (TPSA) is 3.24 Å². The van der Waals surface area contributed by atoms with Gasteiger partial charge in [-0.1, -0.05) is 0 Å². The summed E-state index contributed by atoms with van der Waals surface area (Å²) in [5.41, 5.74) is 2.63. The predicted octanol–water partition coefficient (Wildman–Crippen LogP) is 3.33. The van der Waals surface area contributed by atoms with Crippen molar-refractivity contribution in [2.45, 2.75) is 13.8 Å². The Bertz CT molecular complexity index is 385. The number of nitrogens with zero attached hydrogens (tertiary/aromatic N) is 1. The van der Waals surface area contributed by atoms with Crippen molar-refractivity contribution in [3.05, 3.63) is 33.3 Å². The maximum absolute atomic E-state index is 2.24. The Balaban J connectivity index is 2.54. The number of hydrogen-bond donors (Lipinski definition) is 0. The van der Waals surface area contributed by atoms with Crippen LogP contribution in [0.15, 0.2) is 18.0 Å². The molecule has 0 aliphatic carbocycles. The number of allylic oxidation sites excluding steroid dienone is 1. The highest BCUT2D eigenvalue weighted by Crippen LogP contribution is 2.28. The minimum Gasteiger partial charge on any atom is -0.355 e. The van der Waals surface area contributed by atoms with E-state index in [1.54, 1.807) is 0 Å². The molecule has 2 heterocycles. The molecule has 13 heavy (non-hydrogen) atoms. The first-order valence-electron chi connectivity index (χ1n) is 4.36. The van der Waals surface area contributed by atoms with E-state index < -0.39 is 0 Å². The fourth-order valence-corrected chi connectivity index (χ4v) is 2.32. The van der Waals surface area contributed by atoms with E-state index in [1.807, 2.05) is 11.3 Å². The Morgan fingerprint density at radius 2 is 2.08 bits per heavy atom. The van der Waals surface area contributed by atoms with Crippen LogP contribution in [0, 0.1) is 6.92 Å². The first-order chi connectivity index (χ1) is 6.16. The molecule has 0 saturated heterocycles. The molecule has 68 valence electrons. The van der Waals surface area contributed by atoms with Crippen LogP contribution in [0.5, 0.6) is 0 Å². The largest absolute Gasteiger partial charge is 0.355 e. The molecule has 0 saturated carbocycles. The summed E-state index contributed by atoms with van der Waals surface area (Å²) >= 11 is 1.85. The van der Waals surface area contributed by atoms with Crippen LogP contribution in [0.3, 0.4) is 0 Å². The highest BCUT2D eigenvalue weighted by atomic mass is 32.1. The SMILES string of the molecule is CC1=Cc2cc(C)sc2C=CN1C. The van der Waals surface area contributed by atoms with Crippen molar-refractivity contribution in [3.8, 4) is 0 Å². The zero-order chi connectivity index (χ0) is 9.42.